The number of carbonyl (C=O) groups is 1. The van der Waals surface area contributed by atoms with Crippen LogP contribution in [0.15, 0.2) is 18.2 Å². The average Bonchev–Trinajstić information content (AvgIpc) is 2.34. The zero-order valence-electron chi connectivity index (χ0n) is 10.6. The predicted octanol–water partition coefficient (Wildman–Crippen LogP) is 1.77. The number of carbonyl (C=O) groups excluding carboxylic acids is 1. The summed E-state index contributed by atoms with van der Waals surface area (Å²) in [7, 11) is 0.987. The van der Waals surface area contributed by atoms with Crippen LogP contribution in [-0.2, 0) is 0 Å². The molecule has 3 nitrogen and oxygen atoms in total. The zero-order valence-corrected chi connectivity index (χ0v) is 10.6. The normalized spacial score (nSPS) is 10.7. The molecule has 7 heteroatoms. The molecule has 1 amide bonds. The Bertz CT molecular complexity index is 558. The van der Waals surface area contributed by atoms with E-state index in [1.165, 1.54) is 6.07 Å². The summed E-state index contributed by atoms with van der Waals surface area (Å²) in [4.78, 5) is 12.4. The van der Waals surface area contributed by atoms with Gasteiger partial charge in [-0.1, -0.05) is 11.8 Å². The summed E-state index contributed by atoms with van der Waals surface area (Å²) in [6.45, 7) is -1.41. The summed E-state index contributed by atoms with van der Waals surface area (Å²) in [6, 6.07) is 3.16. The number of hydrogen-bond acceptors (Lipinski definition) is 2. The first-order chi connectivity index (χ1) is 9.24. The summed E-state index contributed by atoms with van der Waals surface area (Å²) in [5, 5.41) is 0. The molecule has 0 aliphatic carbocycles. The zero-order chi connectivity index (χ0) is 15.3. The molecule has 0 fully saturated rings. The van der Waals surface area contributed by atoms with E-state index in [2.05, 4.69) is 11.8 Å². The topological polar surface area (TPSA) is 46.3 Å². The van der Waals surface area contributed by atoms with E-state index in [0.717, 1.165) is 19.2 Å². The van der Waals surface area contributed by atoms with Crippen molar-refractivity contribution in [2.75, 3.05) is 20.1 Å². The van der Waals surface area contributed by atoms with E-state index in [0.29, 0.717) is 4.90 Å². The highest BCUT2D eigenvalue weighted by Gasteiger charge is 2.32. The van der Waals surface area contributed by atoms with Crippen LogP contribution in [0.1, 0.15) is 15.9 Å². The Morgan fingerprint density at radius 2 is 2.05 bits per heavy atom. The quantitative estimate of drug-likeness (QED) is 0.666. The Morgan fingerprint density at radius 3 is 2.60 bits per heavy atom. The number of hydrogen-bond donors (Lipinski definition) is 1. The smallest absolute Gasteiger partial charge is 0.333 e. The third-order valence-electron chi connectivity index (χ3n) is 2.30. The largest absolute Gasteiger partial charge is 0.406 e. The number of halogens is 4. The van der Waals surface area contributed by atoms with Gasteiger partial charge in [-0.05, 0) is 18.2 Å². The molecule has 0 aromatic heterocycles. The Hall–Kier alpha value is -2.07. The first-order valence-electron chi connectivity index (χ1n) is 5.55. The van der Waals surface area contributed by atoms with Crippen molar-refractivity contribution in [1.82, 2.24) is 4.90 Å². The monoisotopic (exact) mass is 288 g/mol. The molecule has 0 radical (unpaired) electrons. The second-order valence-electron chi connectivity index (χ2n) is 3.97. The van der Waals surface area contributed by atoms with Gasteiger partial charge in [-0.25, -0.2) is 4.39 Å². The fourth-order valence-corrected chi connectivity index (χ4v) is 1.50. The molecular weight excluding hydrogens is 276 g/mol. The molecular formula is C13H12F4N2O. The maximum absolute atomic E-state index is 13.2. The molecule has 2 N–H and O–H groups in total. The molecule has 0 aliphatic heterocycles. The lowest BCUT2D eigenvalue weighted by molar-refractivity contribution is -0.138. The molecule has 0 spiro atoms. The Labute approximate surface area is 113 Å². The fourth-order valence-electron chi connectivity index (χ4n) is 1.50. The van der Waals surface area contributed by atoms with E-state index in [-0.39, 0.29) is 17.7 Å². The summed E-state index contributed by atoms with van der Waals surface area (Å²) in [5.41, 5.74) is 5.09. The highest BCUT2D eigenvalue weighted by atomic mass is 19.4. The third-order valence-corrected chi connectivity index (χ3v) is 2.30. The number of amides is 1. The molecule has 0 heterocycles. The molecule has 20 heavy (non-hydrogen) atoms. The van der Waals surface area contributed by atoms with Crippen LogP contribution in [0, 0.1) is 17.7 Å². The van der Waals surface area contributed by atoms with Gasteiger partial charge in [0.25, 0.3) is 5.91 Å². The van der Waals surface area contributed by atoms with Crippen molar-refractivity contribution in [2.24, 2.45) is 5.73 Å². The van der Waals surface area contributed by atoms with E-state index < -0.39 is 24.4 Å². The van der Waals surface area contributed by atoms with Gasteiger partial charge in [-0.15, -0.1) is 0 Å². The Morgan fingerprint density at radius 1 is 1.40 bits per heavy atom. The molecule has 0 atom stereocenters. The van der Waals surface area contributed by atoms with Crippen molar-refractivity contribution < 1.29 is 22.4 Å². The minimum atomic E-state index is -4.53. The summed E-state index contributed by atoms with van der Waals surface area (Å²) >= 11 is 0. The molecule has 0 saturated carbocycles. The van der Waals surface area contributed by atoms with Gasteiger partial charge in [0.2, 0.25) is 0 Å². The Kier molecular flexibility index (Phi) is 5.11. The standard InChI is InChI=1S/C13H12F4N2O/c1-19(8-13(15,16)17)12(20)11-7-10(14)5-4-9(11)3-2-6-18/h4-5,7H,6,8,18H2,1H3. The predicted molar refractivity (Wildman–Crippen MR) is 65.3 cm³/mol. The lowest BCUT2D eigenvalue weighted by Crippen LogP contribution is -2.36. The molecule has 0 bridgehead atoms. The van der Waals surface area contributed by atoms with E-state index in [1.807, 2.05) is 0 Å². The van der Waals surface area contributed by atoms with Gasteiger partial charge in [0.1, 0.15) is 12.4 Å². The second-order valence-corrected chi connectivity index (χ2v) is 3.97. The SMILES string of the molecule is CN(CC(F)(F)F)C(=O)c1cc(F)ccc1C#CCN. The number of nitrogens with zero attached hydrogens (tertiary/aromatic N) is 1. The molecule has 0 saturated heterocycles. The number of benzene rings is 1. The minimum Gasteiger partial charge on any atom is -0.333 e. The average molecular weight is 288 g/mol. The van der Waals surface area contributed by atoms with E-state index in [9.17, 15) is 22.4 Å². The van der Waals surface area contributed by atoms with Crippen LogP contribution in [-0.4, -0.2) is 37.1 Å². The van der Waals surface area contributed by atoms with E-state index in [1.54, 1.807) is 0 Å². The van der Waals surface area contributed by atoms with Gasteiger partial charge in [-0.2, -0.15) is 13.2 Å². The van der Waals surface area contributed by atoms with Crippen LogP contribution >= 0.6 is 0 Å². The second kappa shape index (κ2) is 6.39. The first-order valence-corrected chi connectivity index (χ1v) is 5.55. The van der Waals surface area contributed by atoms with Crippen molar-refractivity contribution in [3.63, 3.8) is 0 Å². The van der Waals surface area contributed by atoms with Crippen LogP contribution in [0.25, 0.3) is 0 Å². The maximum atomic E-state index is 13.2. The first kappa shape index (κ1) is 16.0. The van der Waals surface area contributed by atoms with Crippen molar-refractivity contribution in [3.8, 4) is 11.8 Å². The third kappa shape index (κ3) is 4.55. The van der Waals surface area contributed by atoms with Gasteiger partial charge in [0.05, 0.1) is 12.1 Å². The summed E-state index contributed by atoms with van der Waals surface area (Å²) in [6.07, 6.45) is -4.53. The van der Waals surface area contributed by atoms with Crippen molar-refractivity contribution in [2.45, 2.75) is 6.18 Å². The molecule has 1 rings (SSSR count). The molecule has 1 aromatic carbocycles. The number of alkyl halides is 3. The highest BCUT2D eigenvalue weighted by Crippen LogP contribution is 2.18. The molecule has 0 unspecified atom stereocenters. The summed E-state index contributed by atoms with van der Waals surface area (Å²) in [5.74, 6) is 3.31. The van der Waals surface area contributed by atoms with Gasteiger partial charge >= 0.3 is 6.18 Å². The van der Waals surface area contributed by atoms with Crippen LogP contribution in [0.2, 0.25) is 0 Å². The maximum Gasteiger partial charge on any atom is 0.406 e. The van der Waals surface area contributed by atoms with Crippen LogP contribution in [0.4, 0.5) is 17.6 Å². The van der Waals surface area contributed by atoms with Crippen molar-refractivity contribution >= 4 is 5.91 Å². The molecule has 108 valence electrons. The van der Waals surface area contributed by atoms with E-state index >= 15 is 0 Å². The van der Waals surface area contributed by atoms with Crippen LogP contribution in [0.5, 0.6) is 0 Å². The van der Waals surface area contributed by atoms with Gasteiger partial charge in [-0.3, -0.25) is 4.79 Å². The number of rotatable bonds is 2. The lowest BCUT2D eigenvalue weighted by atomic mass is 10.1. The van der Waals surface area contributed by atoms with Crippen LogP contribution < -0.4 is 5.73 Å². The van der Waals surface area contributed by atoms with Crippen molar-refractivity contribution in [3.05, 3.63) is 35.1 Å². The fraction of sp³-hybridized carbons (Fsp3) is 0.308. The molecule has 1 aromatic rings. The molecule has 0 aliphatic rings. The highest BCUT2D eigenvalue weighted by molar-refractivity contribution is 5.96. The van der Waals surface area contributed by atoms with Gasteiger partial charge < -0.3 is 10.6 Å². The van der Waals surface area contributed by atoms with E-state index in [4.69, 9.17) is 5.73 Å². The van der Waals surface area contributed by atoms with Gasteiger partial charge in [0.15, 0.2) is 0 Å². The lowest BCUT2D eigenvalue weighted by Gasteiger charge is -2.19. The Balaban J connectivity index is 3.11. The van der Waals surface area contributed by atoms with Crippen molar-refractivity contribution in [1.29, 1.82) is 0 Å². The van der Waals surface area contributed by atoms with Gasteiger partial charge in [0, 0.05) is 12.6 Å². The minimum absolute atomic E-state index is 0.0173. The number of nitrogens with two attached hydrogens (primary N) is 1. The summed E-state index contributed by atoms with van der Waals surface area (Å²) < 4.78 is 49.9. The van der Waals surface area contributed by atoms with Crippen LogP contribution in [0.3, 0.4) is 0 Å².